The van der Waals surface area contributed by atoms with Gasteiger partial charge in [0, 0.05) is 18.4 Å². The van der Waals surface area contributed by atoms with Crippen molar-refractivity contribution in [2.75, 3.05) is 5.32 Å². The summed E-state index contributed by atoms with van der Waals surface area (Å²) in [5, 5.41) is 11.3. The lowest BCUT2D eigenvalue weighted by Crippen LogP contribution is -2.32. The van der Waals surface area contributed by atoms with Crippen LogP contribution in [0.4, 0.5) is 5.82 Å². The Morgan fingerprint density at radius 3 is 3.14 bits per heavy atom. The van der Waals surface area contributed by atoms with E-state index in [0.29, 0.717) is 12.0 Å². The molecule has 4 rings (SSSR count). The van der Waals surface area contributed by atoms with Crippen LogP contribution in [0, 0.1) is 0 Å². The quantitative estimate of drug-likeness (QED) is 0.805. The lowest BCUT2D eigenvalue weighted by molar-refractivity contribution is 0.439. The van der Waals surface area contributed by atoms with Gasteiger partial charge in [-0.25, -0.2) is 19.6 Å². The highest BCUT2D eigenvalue weighted by Crippen LogP contribution is 2.26. The number of anilines is 1. The summed E-state index contributed by atoms with van der Waals surface area (Å²) in [6.07, 6.45) is 3.63. The van der Waals surface area contributed by atoms with Crippen molar-refractivity contribution in [3.63, 3.8) is 0 Å². The van der Waals surface area contributed by atoms with Crippen molar-refractivity contribution in [2.24, 2.45) is 0 Å². The van der Waals surface area contributed by atoms with E-state index in [1.54, 1.807) is 17.7 Å². The van der Waals surface area contributed by atoms with E-state index in [4.69, 9.17) is 0 Å². The van der Waals surface area contributed by atoms with Crippen LogP contribution < -0.4 is 5.32 Å². The monoisotopic (exact) mass is 314 g/mol. The fraction of sp³-hybridized carbons (Fsp3) is 0.467. The second-order valence-electron chi connectivity index (χ2n) is 5.96. The van der Waals surface area contributed by atoms with Gasteiger partial charge in [0.15, 0.2) is 5.82 Å². The highest BCUT2D eigenvalue weighted by atomic mass is 32.1. The minimum atomic E-state index is 0.326. The van der Waals surface area contributed by atoms with Gasteiger partial charge in [-0.1, -0.05) is 13.8 Å². The highest BCUT2D eigenvalue weighted by molar-refractivity contribution is 7.16. The molecular formula is C15H18N6S. The first-order valence-corrected chi connectivity index (χ1v) is 8.47. The van der Waals surface area contributed by atoms with Crippen LogP contribution in [0.15, 0.2) is 17.8 Å². The molecule has 4 heterocycles. The average molecular weight is 314 g/mol. The predicted molar refractivity (Wildman–Crippen MR) is 87.3 cm³/mol. The van der Waals surface area contributed by atoms with Gasteiger partial charge in [0.2, 0.25) is 0 Å². The van der Waals surface area contributed by atoms with E-state index in [1.807, 2.05) is 4.68 Å². The largest absolute Gasteiger partial charge is 0.365 e. The number of rotatable bonds is 3. The van der Waals surface area contributed by atoms with E-state index >= 15 is 0 Å². The maximum absolute atomic E-state index is 4.63. The first-order valence-electron chi connectivity index (χ1n) is 7.59. The third-order valence-electron chi connectivity index (χ3n) is 3.99. The molecule has 0 bridgehead atoms. The van der Waals surface area contributed by atoms with Gasteiger partial charge in [-0.3, -0.25) is 0 Å². The summed E-state index contributed by atoms with van der Waals surface area (Å²) >= 11 is 1.64. The molecule has 0 unspecified atom stereocenters. The van der Waals surface area contributed by atoms with Gasteiger partial charge < -0.3 is 5.32 Å². The highest BCUT2D eigenvalue weighted by Gasteiger charge is 2.23. The van der Waals surface area contributed by atoms with Crippen LogP contribution in [0.25, 0.3) is 10.2 Å². The first kappa shape index (κ1) is 13.6. The zero-order chi connectivity index (χ0) is 15.1. The molecule has 22 heavy (non-hydrogen) atoms. The maximum Gasteiger partial charge on any atom is 0.153 e. The molecule has 0 aliphatic carbocycles. The molecule has 3 aromatic rings. The summed E-state index contributed by atoms with van der Waals surface area (Å²) in [4.78, 5) is 14.4. The molecule has 0 aromatic carbocycles. The van der Waals surface area contributed by atoms with Gasteiger partial charge >= 0.3 is 0 Å². The summed E-state index contributed by atoms with van der Waals surface area (Å²) in [7, 11) is 0. The number of hydrogen-bond acceptors (Lipinski definition) is 6. The molecule has 3 aromatic heterocycles. The van der Waals surface area contributed by atoms with Crippen molar-refractivity contribution in [3.05, 3.63) is 29.4 Å². The van der Waals surface area contributed by atoms with Gasteiger partial charge in [-0.2, -0.15) is 5.10 Å². The van der Waals surface area contributed by atoms with Crippen molar-refractivity contribution >= 4 is 27.4 Å². The van der Waals surface area contributed by atoms with Crippen molar-refractivity contribution in [2.45, 2.75) is 45.2 Å². The Kier molecular flexibility index (Phi) is 3.29. The Bertz CT molecular complexity index is 805. The molecule has 0 radical (unpaired) electrons. The van der Waals surface area contributed by atoms with Crippen LogP contribution in [0.1, 0.15) is 37.8 Å². The van der Waals surface area contributed by atoms with E-state index in [0.717, 1.165) is 47.1 Å². The summed E-state index contributed by atoms with van der Waals surface area (Å²) < 4.78 is 2.04. The van der Waals surface area contributed by atoms with Crippen LogP contribution in [0.2, 0.25) is 0 Å². The summed E-state index contributed by atoms with van der Waals surface area (Å²) in [5.74, 6) is 3.34. The number of hydrogen-bond donors (Lipinski definition) is 1. The van der Waals surface area contributed by atoms with Crippen LogP contribution in [0.3, 0.4) is 0 Å². The number of thiophene rings is 1. The molecule has 7 heteroatoms. The van der Waals surface area contributed by atoms with Crippen LogP contribution in [0.5, 0.6) is 0 Å². The van der Waals surface area contributed by atoms with Gasteiger partial charge in [0.25, 0.3) is 0 Å². The SMILES string of the molecule is CC(C)c1nc2n(n1)C[C@@H](Nc1ncnc3sccc13)CC2. The van der Waals surface area contributed by atoms with E-state index in [-0.39, 0.29) is 0 Å². The lowest BCUT2D eigenvalue weighted by Gasteiger charge is -2.24. The molecular weight excluding hydrogens is 296 g/mol. The van der Waals surface area contributed by atoms with Gasteiger partial charge in [0.1, 0.15) is 22.8 Å². The second kappa shape index (κ2) is 5.31. The molecule has 0 saturated heterocycles. The van der Waals surface area contributed by atoms with E-state index in [1.165, 1.54) is 0 Å². The lowest BCUT2D eigenvalue weighted by atomic mass is 10.1. The van der Waals surface area contributed by atoms with Crippen molar-refractivity contribution in [1.29, 1.82) is 0 Å². The fourth-order valence-electron chi connectivity index (χ4n) is 2.79. The molecule has 1 aliphatic rings. The molecule has 0 spiro atoms. The van der Waals surface area contributed by atoms with Crippen molar-refractivity contribution < 1.29 is 0 Å². The molecule has 0 fully saturated rings. The minimum absolute atomic E-state index is 0.326. The average Bonchev–Trinajstić information content (AvgIpc) is 3.13. The molecule has 6 nitrogen and oxygen atoms in total. The van der Waals surface area contributed by atoms with Gasteiger partial charge in [-0.15, -0.1) is 11.3 Å². The predicted octanol–water partition coefficient (Wildman–Crippen LogP) is 2.83. The zero-order valence-electron chi connectivity index (χ0n) is 12.7. The Morgan fingerprint density at radius 1 is 1.36 bits per heavy atom. The smallest absolute Gasteiger partial charge is 0.153 e. The van der Waals surface area contributed by atoms with Crippen LogP contribution >= 0.6 is 11.3 Å². The minimum Gasteiger partial charge on any atom is -0.365 e. The van der Waals surface area contributed by atoms with Gasteiger partial charge in [0.05, 0.1) is 11.9 Å². The Hall–Kier alpha value is -2.02. The number of aromatic nitrogens is 5. The molecule has 1 atom stereocenters. The Balaban J connectivity index is 1.56. The third kappa shape index (κ3) is 2.35. The summed E-state index contributed by atoms with van der Waals surface area (Å²) in [6.45, 7) is 5.10. The topological polar surface area (TPSA) is 68.5 Å². The maximum atomic E-state index is 4.63. The third-order valence-corrected chi connectivity index (χ3v) is 4.81. The van der Waals surface area contributed by atoms with Crippen LogP contribution in [-0.2, 0) is 13.0 Å². The number of fused-ring (bicyclic) bond motifs is 2. The number of aryl methyl sites for hydroxylation is 1. The number of nitrogens with one attached hydrogen (secondary N) is 1. The fourth-order valence-corrected chi connectivity index (χ4v) is 3.52. The first-order chi connectivity index (χ1) is 10.7. The molecule has 114 valence electrons. The standard InChI is InChI=1S/C15H18N6S/c1-9(2)13-19-12-4-3-10(7-21(12)20-13)18-14-11-5-6-22-15(11)17-8-16-14/h5-6,8-10H,3-4,7H2,1-2H3,(H,16,17,18)/t10-/m0/s1. The zero-order valence-corrected chi connectivity index (χ0v) is 13.5. The Labute approximate surface area is 132 Å². The summed E-state index contributed by atoms with van der Waals surface area (Å²) in [5.41, 5.74) is 0. The number of nitrogens with zero attached hydrogens (tertiary/aromatic N) is 5. The van der Waals surface area contributed by atoms with E-state index < -0.39 is 0 Å². The molecule has 0 amide bonds. The Morgan fingerprint density at radius 2 is 2.27 bits per heavy atom. The van der Waals surface area contributed by atoms with Crippen molar-refractivity contribution in [1.82, 2.24) is 24.7 Å². The van der Waals surface area contributed by atoms with Gasteiger partial charge in [-0.05, 0) is 17.9 Å². The summed E-state index contributed by atoms with van der Waals surface area (Å²) in [6, 6.07) is 2.40. The second-order valence-corrected chi connectivity index (χ2v) is 6.86. The molecule has 1 N–H and O–H groups in total. The molecule has 0 saturated carbocycles. The van der Waals surface area contributed by atoms with Crippen molar-refractivity contribution in [3.8, 4) is 0 Å². The molecule has 1 aliphatic heterocycles. The van der Waals surface area contributed by atoms with E-state index in [9.17, 15) is 0 Å². The normalized spacial score (nSPS) is 17.9. The van der Waals surface area contributed by atoms with E-state index in [2.05, 4.69) is 50.7 Å². The van der Waals surface area contributed by atoms with Crippen LogP contribution in [-0.4, -0.2) is 30.8 Å².